The van der Waals surface area contributed by atoms with Crippen molar-refractivity contribution in [3.63, 3.8) is 0 Å². The van der Waals surface area contributed by atoms with Crippen molar-refractivity contribution in [3.05, 3.63) is 72.9 Å². The minimum Gasteiger partial charge on any atom is -0.460 e. The Morgan fingerprint density at radius 3 is 2.35 bits per heavy atom. The first-order valence-corrected chi connectivity index (χ1v) is 13.7. The number of aliphatic hydroxyl groups excluding tert-OH is 6. The maximum atomic E-state index is 12.1. The first-order chi connectivity index (χ1) is 19.2. The molecule has 10 heteroatoms. The molecule has 1 fully saturated rings. The Bertz CT molecular complexity index is 906. The summed E-state index contributed by atoms with van der Waals surface area (Å²) in [6, 6.07) is 0. The predicted molar refractivity (Wildman–Crippen MR) is 149 cm³/mol. The van der Waals surface area contributed by atoms with Gasteiger partial charge in [-0.2, -0.15) is 0 Å². The Kier molecular flexibility index (Phi) is 15.9. The zero-order chi connectivity index (χ0) is 29.3. The van der Waals surface area contributed by atoms with E-state index in [0.29, 0.717) is 19.3 Å². The molecule has 0 aromatic carbocycles. The van der Waals surface area contributed by atoms with Gasteiger partial charge in [-0.25, -0.2) is 4.79 Å². The van der Waals surface area contributed by atoms with E-state index < -0.39 is 61.6 Å². The van der Waals surface area contributed by atoms with Crippen LogP contribution in [0.4, 0.5) is 0 Å². The van der Waals surface area contributed by atoms with Crippen LogP contribution in [-0.4, -0.2) is 98.3 Å². The van der Waals surface area contributed by atoms with E-state index in [4.69, 9.17) is 14.2 Å². The van der Waals surface area contributed by atoms with Gasteiger partial charge in [-0.3, -0.25) is 0 Å². The molecule has 0 bridgehead atoms. The summed E-state index contributed by atoms with van der Waals surface area (Å²) >= 11 is 0. The van der Waals surface area contributed by atoms with Crippen LogP contribution in [0.25, 0.3) is 0 Å². The van der Waals surface area contributed by atoms with Crippen LogP contribution in [0.2, 0.25) is 0 Å². The summed E-state index contributed by atoms with van der Waals surface area (Å²) in [7, 11) is 0. The molecule has 2 aliphatic rings. The molecule has 10 nitrogen and oxygen atoms in total. The van der Waals surface area contributed by atoms with Crippen molar-refractivity contribution in [2.45, 2.75) is 101 Å². The monoisotopic (exact) mass is 564 g/mol. The van der Waals surface area contributed by atoms with E-state index in [0.717, 1.165) is 12.8 Å². The van der Waals surface area contributed by atoms with Gasteiger partial charge in [0.25, 0.3) is 0 Å². The molecule has 40 heavy (non-hydrogen) atoms. The predicted octanol–water partition coefficient (Wildman–Crippen LogP) is 1.52. The van der Waals surface area contributed by atoms with E-state index in [1.54, 1.807) is 54.7 Å². The van der Waals surface area contributed by atoms with E-state index in [2.05, 4.69) is 0 Å². The smallest absolute Gasteiger partial charge is 0.331 e. The van der Waals surface area contributed by atoms with Crippen molar-refractivity contribution >= 4 is 5.97 Å². The normalized spacial score (nSPS) is 40.6. The van der Waals surface area contributed by atoms with Gasteiger partial charge in [0.1, 0.15) is 24.4 Å². The Morgan fingerprint density at radius 2 is 1.57 bits per heavy atom. The van der Waals surface area contributed by atoms with Crippen LogP contribution in [0.15, 0.2) is 72.9 Å². The molecule has 9 atom stereocenters. The average molecular weight is 565 g/mol. The molecule has 0 aliphatic carbocycles. The molecular weight excluding hydrogens is 520 g/mol. The minimum absolute atomic E-state index is 0.183. The van der Waals surface area contributed by atoms with Crippen molar-refractivity contribution in [1.82, 2.24) is 0 Å². The van der Waals surface area contributed by atoms with Crippen LogP contribution in [0.1, 0.15) is 45.4 Å². The van der Waals surface area contributed by atoms with Crippen molar-refractivity contribution in [1.29, 1.82) is 0 Å². The largest absolute Gasteiger partial charge is 0.460 e. The van der Waals surface area contributed by atoms with Gasteiger partial charge in [-0.05, 0) is 39.0 Å². The third-order valence-electron chi connectivity index (χ3n) is 6.38. The molecule has 2 rings (SSSR count). The van der Waals surface area contributed by atoms with Crippen molar-refractivity contribution in [3.8, 4) is 0 Å². The number of ether oxygens (including phenoxy) is 3. The lowest BCUT2D eigenvalue weighted by Crippen LogP contribution is -2.59. The fraction of sp³-hybridized carbons (Fsp3) is 0.567. The number of allylic oxidation sites excluding steroid dienone is 7. The summed E-state index contributed by atoms with van der Waals surface area (Å²) in [5, 5.41) is 60.2. The molecular formula is C30H44O10. The van der Waals surface area contributed by atoms with Crippen LogP contribution in [-0.2, 0) is 19.0 Å². The molecule has 0 spiro atoms. The summed E-state index contributed by atoms with van der Waals surface area (Å²) in [6.07, 6.45) is 13.9. The van der Waals surface area contributed by atoms with Crippen LogP contribution in [0.5, 0.6) is 0 Å². The molecule has 2 aliphatic heterocycles. The van der Waals surface area contributed by atoms with Gasteiger partial charge in [0.05, 0.1) is 31.0 Å². The average Bonchev–Trinajstić information content (AvgIpc) is 2.91. The van der Waals surface area contributed by atoms with Crippen molar-refractivity contribution in [2.75, 3.05) is 6.61 Å². The second-order valence-electron chi connectivity index (χ2n) is 9.89. The number of carbonyl (C=O) groups is 1. The Hall–Kier alpha value is -2.41. The number of aliphatic hydroxyl groups is 6. The lowest BCUT2D eigenvalue weighted by Gasteiger charge is -2.40. The zero-order valence-electron chi connectivity index (χ0n) is 22.9. The number of hydrogen-bond donors (Lipinski definition) is 6. The summed E-state index contributed by atoms with van der Waals surface area (Å²) < 4.78 is 16.7. The van der Waals surface area contributed by atoms with Crippen molar-refractivity contribution in [2.24, 2.45) is 0 Å². The molecule has 6 N–H and O–H groups in total. The highest BCUT2D eigenvalue weighted by molar-refractivity contribution is 5.82. The standard InChI is InChI=1S/C30H44O10/c1-21-13-7-3-2-4-8-14-22(32)19-23(33)15-9-5-10-16-24(17-11-6-12-18-26(34)38-21)39-30-29(37)28(36)27(35)25(20-31)40-30/h2,4-6,8-12,14,16,18,21-25,27-33,35-37H,3,7,13,15,17,19-20H2,1H3/b4-2+,9-5-,11-6+,14-8+,16-10+,18-12-/t21-,22+,23+,24-,25-,27+,28+,29-,30-/m1/s1. The Labute approximate surface area is 235 Å². The summed E-state index contributed by atoms with van der Waals surface area (Å²) in [5.41, 5.74) is 0. The highest BCUT2D eigenvalue weighted by Crippen LogP contribution is 2.24. The van der Waals surface area contributed by atoms with Crippen LogP contribution < -0.4 is 0 Å². The number of rotatable bonds is 3. The quantitative estimate of drug-likeness (QED) is 0.277. The van der Waals surface area contributed by atoms with E-state index in [1.807, 2.05) is 19.1 Å². The number of carbonyl (C=O) groups excluding carboxylic acids is 1. The van der Waals surface area contributed by atoms with Crippen LogP contribution >= 0.6 is 0 Å². The second-order valence-corrected chi connectivity index (χ2v) is 9.89. The SMILES string of the molecule is C[C@@H]1CCC/C=C/C=C/[C@H](O)C[C@@H](O)C/C=C\C=C\[C@@H](O[C@@H]2O[C@H](CO)[C@H](O)[C@H](O)[C@H]2O)C/C=C/C=C\C(=O)O1. The van der Waals surface area contributed by atoms with E-state index in [-0.39, 0.29) is 12.5 Å². The summed E-state index contributed by atoms with van der Waals surface area (Å²) in [5.74, 6) is -0.458. The first-order valence-electron chi connectivity index (χ1n) is 13.7. The summed E-state index contributed by atoms with van der Waals surface area (Å²) in [6.45, 7) is 1.26. The van der Waals surface area contributed by atoms with Gasteiger partial charge in [0.2, 0.25) is 0 Å². The van der Waals surface area contributed by atoms with Gasteiger partial charge < -0.3 is 44.8 Å². The Morgan fingerprint density at radius 1 is 0.875 bits per heavy atom. The molecule has 1 saturated heterocycles. The lowest BCUT2D eigenvalue weighted by atomic mass is 9.99. The fourth-order valence-corrected chi connectivity index (χ4v) is 4.10. The van der Waals surface area contributed by atoms with E-state index in [1.165, 1.54) is 6.08 Å². The number of cyclic esters (lactones) is 1. The molecule has 0 aromatic rings. The highest BCUT2D eigenvalue weighted by Gasteiger charge is 2.44. The van der Waals surface area contributed by atoms with E-state index >= 15 is 0 Å². The summed E-state index contributed by atoms with van der Waals surface area (Å²) in [4.78, 5) is 12.1. The third-order valence-corrected chi connectivity index (χ3v) is 6.38. The highest BCUT2D eigenvalue weighted by atomic mass is 16.7. The fourth-order valence-electron chi connectivity index (χ4n) is 4.10. The number of esters is 1. The molecule has 0 unspecified atom stereocenters. The lowest BCUT2D eigenvalue weighted by molar-refractivity contribution is -0.307. The zero-order valence-corrected chi connectivity index (χ0v) is 22.9. The topological polar surface area (TPSA) is 166 Å². The van der Waals surface area contributed by atoms with Crippen LogP contribution in [0, 0.1) is 0 Å². The molecule has 0 amide bonds. The maximum absolute atomic E-state index is 12.1. The van der Waals surface area contributed by atoms with Gasteiger partial charge in [-0.1, -0.05) is 66.8 Å². The van der Waals surface area contributed by atoms with Gasteiger partial charge >= 0.3 is 5.97 Å². The van der Waals surface area contributed by atoms with Gasteiger partial charge in [0, 0.05) is 12.5 Å². The number of hydrogen-bond acceptors (Lipinski definition) is 10. The van der Waals surface area contributed by atoms with Gasteiger partial charge in [0.15, 0.2) is 6.29 Å². The molecule has 0 aromatic heterocycles. The third kappa shape index (κ3) is 12.8. The maximum Gasteiger partial charge on any atom is 0.331 e. The van der Waals surface area contributed by atoms with Crippen LogP contribution in [0.3, 0.4) is 0 Å². The van der Waals surface area contributed by atoms with Gasteiger partial charge in [-0.15, -0.1) is 0 Å². The molecule has 0 radical (unpaired) electrons. The second kappa shape index (κ2) is 18.8. The van der Waals surface area contributed by atoms with Crippen molar-refractivity contribution < 1.29 is 49.6 Å². The Balaban J connectivity index is 2.12. The van der Waals surface area contributed by atoms with E-state index in [9.17, 15) is 35.4 Å². The first kappa shape index (κ1) is 33.8. The molecule has 224 valence electrons. The molecule has 2 heterocycles. The molecule has 0 saturated carbocycles. The minimum atomic E-state index is -1.57.